The lowest BCUT2D eigenvalue weighted by Gasteiger charge is -2.46. The van der Waals surface area contributed by atoms with Gasteiger partial charge in [-0.3, -0.25) is 9.78 Å². The molecule has 0 saturated carbocycles. The highest BCUT2D eigenvalue weighted by atomic mass is 79.9. The highest BCUT2D eigenvalue weighted by Crippen LogP contribution is 2.25. The van der Waals surface area contributed by atoms with E-state index in [1.165, 1.54) is 6.20 Å². The Balaban J connectivity index is 2.06. The molecule has 16 heavy (non-hydrogen) atoms. The molecule has 0 aromatic carbocycles. The average molecular weight is 285 g/mol. The maximum absolute atomic E-state index is 11.9. The summed E-state index contributed by atoms with van der Waals surface area (Å²) < 4.78 is 0.782. The molecule has 86 valence electrons. The van der Waals surface area contributed by atoms with Gasteiger partial charge in [0.15, 0.2) is 0 Å². The van der Waals surface area contributed by atoms with Crippen molar-refractivity contribution in [1.82, 2.24) is 9.88 Å². The number of hydrogen-bond donors (Lipinski definition) is 1. The van der Waals surface area contributed by atoms with Crippen molar-refractivity contribution in [3.63, 3.8) is 0 Å². The molecule has 1 aromatic rings. The summed E-state index contributed by atoms with van der Waals surface area (Å²) >= 11 is 3.27. The largest absolute Gasteiger partial charge is 0.386 e. The minimum atomic E-state index is -0.685. The number of pyridine rings is 1. The maximum Gasteiger partial charge on any atom is 0.255 e. The summed E-state index contributed by atoms with van der Waals surface area (Å²) in [7, 11) is 0. The van der Waals surface area contributed by atoms with E-state index in [9.17, 15) is 9.90 Å². The van der Waals surface area contributed by atoms with Crippen LogP contribution in [0.4, 0.5) is 0 Å². The third-order valence-electron chi connectivity index (χ3n) is 2.87. The molecule has 2 rings (SSSR count). The van der Waals surface area contributed by atoms with E-state index in [2.05, 4.69) is 20.9 Å². The van der Waals surface area contributed by atoms with Crippen molar-refractivity contribution >= 4 is 21.8 Å². The third-order valence-corrected chi connectivity index (χ3v) is 3.30. The smallest absolute Gasteiger partial charge is 0.255 e. The Kier molecular flexibility index (Phi) is 2.99. The number of rotatable bonds is 2. The second kappa shape index (κ2) is 4.14. The Morgan fingerprint density at radius 1 is 1.62 bits per heavy atom. The number of likely N-dealkylation sites (tertiary alicyclic amines) is 1. The molecule has 1 amide bonds. The number of aliphatic hydroxyl groups is 1. The minimum Gasteiger partial charge on any atom is -0.386 e. The van der Waals surface area contributed by atoms with Crippen molar-refractivity contribution in [2.75, 3.05) is 13.1 Å². The first-order valence-electron chi connectivity index (χ1n) is 5.16. The molecule has 2 heterocycles. The van der Waals surface area contributed by atoms with Gasteiger partial charge in [-0.25, -0.2) is 0 Å². The maximum atomic E-state index is 11.9. The zero-order valence-corrected chi connectivity index (χ0v) is 10.6. The SMILES string of the molecule is CCC1(O)CN(C(=O)c2cncc(Br)c2)C1. The van der Waals surface area contributed by atoms with Gasteiger partial charge in [-0.15, -0.1) is 0 Å². The van der Waals surface area contributed by atoms with Crippen LogP contribution < -0.4 is 0 Å². The molecule has 1 aromatic heterocycles. The Morgan fingerprint density at radius 2 is 2.31 bits per heavy atom. The van der Waals surface area contributed by atoms with Gasteiger partial charge < -0.3 is 10.0 Å². The molecule has 1 saturated heterocycles. The van der Waals surface area contributed by atoms with E-state index < -0.39 is 5.60 Å². The van der Waals surface area contributed by atoms with Crippen LogP contribution in [0.25, 0.3) is 0 Å². The van der Waals surface area contributed by atoms with Gasteiger partial charge in [-0.05, 0) is 28.4 Å². The fraction of sp³-hybridized carbons (Fsp3) is 0.455. The van der Waals surface area contributed by atoms with Gasteiger partial charge in [-0.1, -0.05) is 6.92 Å². The van der Waals surface area contributed by atoms with Crippen molar-refractivity contribution in [3.05, 3.63) is 28.5 Å². The number of hydrogen-bond acceptors (Lipinski definition) is 3. The van der Waals surface area contributed by atoms with Crippen LogP contribution in [0.15, 0.2) is 22.9 Å². The van der Waals surface area contributed by atoms with Gasteiger partial charge in [0.1, 0.15) is 0 Å². The molecule has 0 radical (unpaired) electrons. The number of carbonyl (C=O) groups excluding carboxylic acids is 1. The summed E-state index contributed by atoms with van der Waals surface area (Å²) in [6.07, 6.45) is 3.85. The minimum absolute atomic E-state index is 0.0769. The summed E-state index contributed by atoms with van der Waals surface area (Å²) in [4.78, 5) is 17.5. The van der Waals surface area contributed by atoms with Crippen molar-refractivity contribution in [1.29, 1.82) is 0 Å². The van der Waals surface area contributed by atoms with E-state index in [-0.39, 0.29) is 5.91 Å². The first-order valence-corrected chi connectivity index (χ1v) is 5.95. The number of aromatic nitrogens is 1. The van der Waals surface area contributed by atoms with Crippen LogP contribution in [0.1, 0.15) is 23.7 Å². The molecular weight excluding hydrogens is 272 g/mol. The molecular formula is C11H13BrN2O2. The van der Waals surface area contributed by atoms with E-state index in [4.69, 9.17) is 0 Å². The molecule has 1 aliphatic heterocycles. The highest BCUT2D eigenvalue weighted by molar-refractivity contribution is 9.10. The number of halogens is 1. The first kappa shape index (κ1) is 11.5. The van der Waals surface area contributed by atoms with Gasteiger partial charge in [0, 0.05) is 16.9 Å². The third kappa shape index (κ3) is 2.10. The fourth-order valence-corrected chi connectivity index (χ4v) is 2.11. The molecule has 0 unspecified atom stereocenters. The summed E-state index contributed by atoms with van der Waals surface area (Å²) in [6, 6.07) is 1.73. The standard InChI is InChI=1S/C11H13BrN2O2/c1-2-11(16)6-14(7-11)10(15)8-3-9(12)5-13-4-8/h3-5,16H,2,6-7H2,1H3. The number of β-amino-alcohol motifs (C(OH)–C–C–N with tert-alkyl or cyclic N) is 1. The molecule has 1 N–H and O–H groups in total. The lowest BCUT2D eigenvalue weighted by Crippen LogP contribution is -2.63. The summed E-state index contributed by atoms with van der Waals surface area (Å²) in [5, 5.41) is 9.82. The Bertz CT molecular complexity index is 416. The molecule has 0 bridgehead atoms. The molecule has 1 fully saturated rings. The normalized spacial score (nSPS) is 18.1. The van der Waals surface area contributed by atoms with E-state index in [1.807, 2.05) is 6.92 Å². The number of carbonyl (C=O) groups is 1. The van der Waals surface area contributed by atoms with Crippen LogP contribution in [0.3, 0.4) is 0 Å². The van der Waals surface area contributed by atoms with Gasteiger partial charge in [0.2, 0.25) is 0 Å². The van der Waals surface area contributed by atoms with Crippen molar-refractivity contribution in [2.24, 2.45) is 0 Å². The van der Waals surface area contributed by atoms with E-state index in [0.717, 1.165) is 4.47 Å². The van der Waals surface area contributed by atoms with E-state index in [1.54, 1.807) is 17.2 Å². The summed E-state index contributed by atoms with van der Waals surface area (Å²) in [5.74, 6) is -0.0769. The molecule has 4 nitrogen and oxygen atoms in total. The van der Waals surface area contributed by atoms with Crippen molar-refractivity contribution in [3.8, 4) is 0 Å². The number of nitrogens with zero attached hydrogens (tertiary/aromatic N) is 2. The monoisotopic (exact) mass is 284 g/mol. The van der Waals surface area contributed by atoms with Crippen LogP contribution in [0, 0.1) is 0 Å². The lowest BCUT2D eigenvalue weighted by atomic mass is 9.91. The summed E-state index contributed by atoms with van der Waals surface area (Å²) in [5.41, 5.74) is -0.137. The lowest BCUT2D eigenvalue weighted by molar-refractivity contribution is -0.0826. The van der Waals surface area contributed by atoms with Gasteiger partial charge in [0.05, 0.1) is 24.3 Å². The zero-order valence-electron chi connectivity index (χ0n) is 8.98. The Hall–Kier alpha value is -0.940. The predicted molar refractivity (Wildman–Crippen MR) is 63.1 cm³/mol. The Morgan fingerprint density at radius 3 is 2.88 bits per heavy atom. The molecule has 1 aliphatic rings. The topological polar surface area (TPSA) is 53.4 Å². The van der Waals surface area contributed by atoms with E-state index in [0.29, 0.717) is 25.1 Å². The predicted octanol–water partition coefficient (Wildman–Crippen LogP) is 1.44. The first-order chi connectivity index (χ1) is 7.54. The van der Waals surface area contributed by atoms with Crippen LogP contribution in [-0.2, 0) is 0 Å². The zero-order chi connectivity index (χ0) is 11.8. The van der Waals surface area contributed by atoms with Crippen LogP contribution in [0.5, 0.6) is 0 Å². The van der Waals surface area contributed by atoms with Gasteiger partial charge >= 0.3 is 0 Å². The number of amides is 1. The molecule has 5 heteroatoms. The van der Waals surface area contributed by atoms with Gasteiger partial charge in [-0.2, -0.15) is 0 Å². The van der Waals surface area contributed by atoms with Crippen molar-refractivity contribution in [2.45, 2.75) is 18.9 Å². The quantitative estimate of drug-likeness (QED) is 0.894. The highest BCUT2D eigenvalue weighted by Gasteiger charge is 2.42. The van der Waals surface area contributed by atoms with Gasteiger partial charge in [0.25, 0.3) is 5.91 Å². The fourth-order valence-electron chi connectivity index (χ4n) is 1.74. The Labute approximate surface area is 102 Å². The van der Waals surface area contributed by atoms with E-state index >= 15 is 0 Å². The van der Waals surface area contributed by atoms with Crippen molar-refractivity contribution < 1.29 is 9.90 Å². The van der Waals surface area contributed by atoms with Crippen LogP contribution >= 0.6 is 15.9 Å². The van der Waals surface area contributed by atoms with Crippen LogP contribution in [-0.4, -0.2) is 39.6 Å². The van der Waals surface area contributed by atoms with Crippen LogP contribution in [0.2, 0.25) is 0 Å². The molecule has 0 aliphatic carbocycles. The average Bonchev–Trinajstić information content (AvgIpc) is 2.24. The summed E-state index contributed by atoms with van der Waals surface area (Å²) in [6.45, 7) is 2.74. The molecule has 0 atom stereocenters. The second-order valence-corrected chi connectivity index (χ2v) is 5.05. The molecule has 0 spiro atoms. The second-order valence-electron chi connectivity index (χ2n) is 4.13.